The molecule has 0 N–H and O–H groups in total. The summed E-state index contributed by atoms with van der Waals surface area (Å²) >= 11 is 0. The van der Waals surface area contributed by atoms with Crippen molar-refractivity contribution < 1.29 is 4.74 Å². The Morgan fingerprint density at radius 3 is 2.86 bits per heavy atom. The van der Waals surface area contributed by atoms with Crippen molar-refractivity contribution in [3.8, 4) is 0 Å². The average molecular weight is 200 g/mol. The van der Waals surface area contributed by atoms with Gasteiger partial charge in [0.2, 0.25) is 0 Å². The molecule has 1 fully saturated rings. The second-order valence-corrected chi connectivity index (χ2v) is 4.21. The van der Waals surface area contributed by atoms with Crippen LogP contribution in [0.2, 0.25) is 0 Å². The Labute approximate surface area is 88.0 Å². The summed E-state index contributed by atoms with van der Waals surface area (Å²) in [5, 5.41) is 0. The highest BCUT2D eigenvalue weighted by atomic mass is 16.5. The van der Waals surface area contributed by atoms with E-state index >= 15 is 0 Å². The van der Waals surface area contributed by atoms with Gasteiger partial charge < -0.3 is 9.64 Å². The predicted octanol–water partition coefficient (Wildman–Crippen LogP) is 1.05. The molecular weight excluding hydrogens is 176 g/mol. The van der Waals surface area contributed by atoms with E-state index in [-0.39, 0.29) is 0 Å². The third kappa shape index (κ3) is 3.95. The zero-order valence-electron chi connectivity index (χ0n) is 9.83. The smallest absolute Gasteiger partial charge is 0.0593 e. The van der Waals surface area contributed by atoms with Crippen molar-refractivity contribution in [2.24, 2.45) is 0 Å². The summed E-state index contributed by atoms with van der Waals surface area (Å²) in [5.41, 5.74) is 0. The topological polar surface area (TPSA) is 15.7 Å². The minimum atomic E-state index is 0.654. The molecule has 0 aliphatic carbocycles. The molecule has 1 heterocycles. The number of hydrogen-bond acceptors (Lipinski definition) is 3. The largest absolute Gasteiger partial charge is 0.380 e. The number of likely N-dealkylation sites (N-methyl/N-ethyl adjacent to an activating group) is 1. The van der Waals surface area contributed by atoms with Crippen LogP contribution in [0.15, 0.2) is 0 Å². The van der Waals surface area contributed by atoms with Crippen molar-refractivity contribution in [3.63, 3.8) is 0 Å². The van der Waals surface area contributed by atoms with Gasteiger partial charge >= 0.3 is 0 Å². The molecular formula is C11H24N2O. The van der Waals surface area contributed by atoms with Crippen molar-refractivity contribution >= 4 is 0 Å². The molecule has 1 aliphatic heterocycles. The summed E-state index contributed by atoms with van der Waals surface area (Å²) in [6, 6.07) is 0.654. The zero-order chi connectivity index (χ0) is 10.4. The van der Waals surface area contributed by atoms with Gasteiger partial charge in [-0.3, -0.25) is 4.90 Å². The Morgan fingerprint density at radius 1 is 1.36 bits per heavy atom. The van der Waals surface area contributed by atoms with E-state index in [0.29, 0.717) is 6.04 Å². The van der Waals surface area contributed by atoms with Gasteiger partial charge in [-0.05, 0) is 26.9 Å². The maximum Gasteiger partial charge on any atom is 0.0593 e. The van der Waals surface area contributed by atoms with Gasteiger partial charge in [-0.25, -0.2) is 0 Å². The van der Waals surface area contributed by atoms with Crippen LogP contribution in [0.3, 0.4) is 0 Å². The average Bonchev–Trinajstić information content (AvgIpc) is 2.45. The highest BCUT2D eigenvalue weighted by molar-refractivity contribution is 4.71. The molecule has 0 aromatic rings. The fraction of sp³-hybridized carbons (Fsp3) is 1.00. The molecule has 0 radical (unpaired) electrons. The molecule has 0 saturated carbocycles. The van der Waals surface area contributed by atoms with Crippen LogP contribution in [0, 0.1) is 0 Å². The Hall–Kier alpha value is -0.120. The molecule has 14 heavy (non-hydrogen) atoms. The first-order valence-corrected chi connectivity index (χ1v) is 5.74. The third-order valence-corrected chi connectivity index (χ3v) is 3.00. The van der Waals surface area contributed by atoms with E-state index in [2.05, 4.69) is 30.7 Å². The normalized spacial score (nSPS) is 22.3. The SMILES string of the molecule is CCN(C)CC(C)N1CCCOCC1. The van der Waals surface area contributed by atoms with Crippen molar-refractivity contribution in [2.75, 3.05) is 46.4 Å². The molecule has 84 valence electrons. The Bertz CT molecular complexity index is 144. The van der Waals surface area contributed by atoms with Crippen molar-refractivity contribution in [2.45, 2.75) is 26.3 Å². The van der Waals surface area contributed by atoms with E-state index in [4.69, 9.17) is 4.74 Å². The van der Waals surface area contributed by atoms with E-state index < -0.39 is 0 Å². The summed E-state index contributed by atoms with van der Waals surface area (Å²) in [4.78, 5) is 4.91. The molecule has 0 bridgehead atoms. The third-order valence-electron chi connectivity index (χ3n) is 3.00. The first kappa shape index (κ1) is 12.0. The number of ether oxygens (including phenoxy) is 1. The summed E-state index contributed by atoms with van der Waals surface area (Å²) in [6.07, 6.45) is 1.18. The van der Waals surface area contributed by atoms with Crippen LogP contribution in [0.5, 0.6) is 0 Å². The van der Waals surface area contributed by atoms with E-state index in [9.17, 15) is 0 Å². The molecule has 0 aromatic heterocycles. The van der Waals surface area contributed by atoms with Crippen LogP contribution in [0.4, 0.5) is 0 Å². The summed E-state index contributed by atoms with van der Waals surface area (Å²) < 4.78 is 5.45. The van der Waals surface area contributed by atoms with Gasteiger partial charge in [-0.1, -0.05) is 6.92 Å². The standard InChI is InChI=1S/C11H24N2O/c1-4-12(3)10-11(2)13-6-5-8-14-9-7-13/h11H,4-10H2,1-3H3. The molecule has 0 aromatic carbocycles. The lowest BCUT2D eigenvalue weighted by Crippen LogP contribution is -2.42. The van der Waals surface area contributed by atoms with Gasteiger partial charge in [0.1, 0.15) is 0 Å². The van der Waals surface area contributed by atoms with Crippen LogP contribution in [-0.2, 0) is 4.74 Å². The van der Waals surface area contributed by atoms with Crippen LogP contribution in [0.1, 0.15) is 20.3 Å². The summed E-state index contributed by atoms with van der Waals surface area (Å²) in [6.45, 7) is 10.9. The predicted molar refractivity (Wildman–Crippen MR) is 59.6 cm³/mol. The number of hydrogen-bond donors (Lipinski definition) is 0. The lowest BCUT2D eigenvalue weighted by Gasteiger charge is -2.30. The van der Waals surface area contributed by atoms with E-state index in [1.807, 2.05) is 0 Å². The van der Waals surface area contributed by atoms with Crippen molar-refractivity contribution in [3.05, 3.63) is 0 Å². The molecule has 3 heteroatoms. The molecule has 1 unspecified atom stereocenters. The van der Waals surface area contributed by atoms with Gasteiger partial charge in [-0.2, -0.15) is 0 Å². The lowest BCUT2D eigenvalue weighted by molar-refractivity contribution is 0.125. The molecule has 1 aliphatic rings. The molecule has 1 saturated heterocycles. The van der Waals surface area contributed by atoms with Gasteiger partial charge in [0, 0.05) is 32.3 Å². The van der Waals surface area contributed by atoms with Crippen LogP contribution < -0.4 is 0 Å². The summed E-state index contributed by atoms with van der Waals surface area (Å²) in [7, 11) is 2.19. The van der Waals surface area contributed by atoms with E-state index in [0.717, 1.165) is 32.8 Å². The second kappa shape index (κ2) is 6.38. The Balaban J connectivity index is 2.30. The highest BCUT2D eigenvalue weighted by Gasteiger charge is 2.16. The van der Waals surface area contributed by atoms with E-state index in [1.54, 1.807) is 0 Å². The Kier molecular flexibility index (Phi) is 5.45. The lowest BCUT2D eigenvalue weighted by atomic mass is 10.2. The number of nitrogens with zero attached hydrogens (tertiary/aromatic N) is 2. The van der Waals surface area contributed by atoms with Crippen molar-refractivity contribution in [1.82, 2.24) is 9.80 Å². The first-order valence-electron chi connectivity index (χ1n) is 5.74. The quantitative estimate of drug-likeness (QED) is 0.674. The zero-order valence-corrected chi connectivity index (χ0v) is 9.83. The minimum absolute atomic E-state index is 0.654. The van der Waals surface area contributed by atoms with Gasteiger partial charge in [-0.15, -0.1) is 0 Å². The van der Waals surface area contributed by atoms with Crippen molar-refractivity contribution in [1.29, 1.82) is 0 Å². The first-order chi connectivity index (χ1) is 6.74. The van der Waals surface area contributed by atoms with Gasteiger partial charge in [0.25, 0.3) is 0 Å². The van der Waals surface area contributed by atoms with Crippen LogP contribution in [0.25, 0.3) is 0 Å². The highest BCUT2D eigenvalue weighted by Crippen LogP contribution is 2.05. The number of rotatable bonds is 4. The summed E-state index contributed by atoms with van der Waals surface area (Å²) in [5.74, 6) is 0. The van der Waals surface area contributed by atoms with Crippen LogP contribution in [-0.4, -0.2) is 62.3 Å². The molecule has 3 nitrogen and oxygen atoms in total. The van der Waals surface area contributed by atoms with Gasteiger partial charge in [0.05, 0.1) is 6.61 Å². The fourth-order valence-corrected chi connectivity index (χ4v) is 1.90. The van der Waals surface area contributed by atoms with Gasteiger partial charge in [0.15, 0.2) is 0 Å². The maximum atomic E-state index is 5.45. The molecule has 0 amide bonds. The fourth-order valence-electron chi connectivity index (χ4n) is 1.90. The van der Waals surface area contributed by atoms with Crippen LogP contribution >= 0.6 is 0 Å². The molecule has 1 rings (SSSR count). The maximum absolute atomic E-state index is 5.45. The monoisotopic (exact) mass is 200 g/mol. The van der Waals surface area contributed by atoms with E-state index in [1.165, 1.54) is 13.0 Å². The second-order valence-electron chi connectivity index (χ2n) is 4.21. The molecule has 1 atom stereocenters. The molecule has 0 spiro atoms. The Morgan fingerprint density at radius 2 is 2.14 bits per heavy atom. The minimum Gasteiger partial charge on any atom is -0.380 e.